The predicted octanol–water partition coefficient (Wildman–Crippen LogP) is 7.08. The van der Waals surface area contributed by atoms with Crippen LogP contribution < -0.4 is 0 Å². The molecule has 1 saturated carbocycles. The van der Waals surface area contributed by atoms with Gasteiger partial charge in [-0.15, -0.1) is 0 Å². The molecule has 0 aromatic carbocycles. The number of hydrogen-bond donors (Lipinski definition) is 1. The highest BCUT2D eigenvalue weighted by Gasteiger charge is 2.29. The molecular weight excluding hydrogens is 308 g/mol. The Morgan fingerprint density at radius 2 is 1.64 bits per heavy atom. The van der Waals surface area contributed by atoms with Gasteiger partial charge in [-0.2, -0.15) is 0 Å². The van der Waals surface area contributed by atoms with Crippen LogP contribution in [0, 0.1) is 11.8 Å². The summed E-state index contributed by atoms with van der Waals surface area (Å²) in [5, 5.41) is 8.56. The Labute approximate surface area is 155 Å². The lowest BCUT2D eigenvalue weighted by molar-refractivity contribution is -0.137. The lowest BCUT2D eigenvalue weighted by Crippen LogP contribution is -2.01. The molecule has 0 heterocycles. The summed E-state index contributed by atoms with van der Waals surface area (Å²) in [5.41, 5.74) is 0. The van der Waals surface area contributed by atoms with Gasteiger partial charge >= 0.3 is 5.97 Å². The number of carboxylic acid groups (broad SMARTS) is 1. The van der Waals surface area contributed by atoms with Crippen molar-refractivity contribution < 1.29 is 9.90 Å². The maximum atomic E-state index is 10.4. The SMILES string of the molecule is CCCCC/C=C\C[C@H](CC/C=C\C/C=C\CCCC(=O)O)C1CC1. The molecule has 1 aliphatic rings. The number of rotatable bonds is 16. The average molecular weight is 347 g/mol. The number of aliphatic carboxylic acids is 1. The van der Waals surface area contributed by atoms with Crippen LogP contribution in [0.5, 0.6) is 0 Å². The topological polar surface area (TPSA) is 37.3 Å². The zero-order valence-electron chi connectivity index (χ0n) is 16.2. The molecule has 142 valence electrons. The molecule has 0 aliphatic heterocycles. The molecule has 0 unspecified atom stereocenters. The van der Waals surface area contributed by atoms with E-state index in [2.05, 4.69) is 43.4 Å². The van der Waals surface area contributed by atoms with Gasteiger partial charge in [-0.1, -0.05) is 56.2 Å². The van der Waals surface area contributed by atoms with E-state index in [9.17, 15) is 4.79 Å². The molecule has 0 radical (unpaired) electrons. The fourth-order valence-corrected chi connectivity index (χ4v) is 3.20. The van der Waals surface area contributed by atoms with Gasteiger partial charge in [-0.05, 0) is 76.0 Å². The van der Waals surface area contributed by atoms with Crippen LogP contribution in [0.4, 0.5) is 0 Å². The predicted molar refractivity (Wildman–Crippen MR) is 108 cm³/mol. The molecule has 0 amide bonds. The highest BCUT2D eigenvalue weighted by Crippen LogP contribution is 2.41. The van der Waals surface area contributed by atoms with Crippen molar-refractivity contribution in [1.82, 2.24) is 0 Å². The van der Waals surface area contributed by atoms with Crippen molar-refractivity contribution in [2.75, 3.05) is 0 Å². The summed E-state index contributed by atoms with van der Waals surface area (Å²) in [6, 6.07) is 0. The van der Waals surface area contributed by atoms with Gasteiger partial charge < -0.3 is 5.11 Å². The van der Waals surface area contributed by atoms with E-state index in [0.717, 1.165) is 31.1 Å². The Morgan fingerprint density at radius 3 is 2.32 bits per heavy atom. The summed E-state index contributed by atoms with van der Waals surface area (Å²) in [5.74, 6) is 1.18. The molecule has 0 aromatic rings. The van der Waals surface area contributed by atoms with Crippen molar-refractivity contribution in [2.45, 2.75) is 90.4 Å². The Balaban J connectivity index is 2.06. The lowest BCUT2D eigenvalue weighted by atomic mass is 9.93. The molecule has 1 fully saturated rings. The monoisotopic (exact) mass is 346 g/mol. The van der Waals surface area contributed by atoms with E-state index in [1.807, 2.05) is 0 Å². The second-order valence-electron chi connectivity index (χ2n) is 7.34. The van der Waals surface area contributed by atoms with Crippen LogP contribution in [0.15, 0.2) is 36.5 Å². The van der Waals surface area contributed by atoms with E-state index in [1.54, 1.807) is 0 Å². The minimum atomic E-state index is -0.700. The summed E-state index contributed by atoms with van der Waals surface area (Å²) < 4.78 is 0. The molecule has 1 atom stereocenters. The highest BCUT2D eigenvalue weighted by molar-refractivity contribution is 5.66. The van der Waals surface area contributed by atoms with E-state index >= 15 is 0 Å². The van der Waals surface area contributed by atoms with Crippen molar-refractivity contribution in [3.63, 3.8) is 0 Å². The molecule has 1 N–H and O–H groups in total. The number of hydrogen-bond acceptors (Lipinski definition) is 1. The first-order valence-corrected chi connectivity index (χ1v) is 10.4. The maximum absolute atomic E-state index is 10.4. The number of carbonyl (C=O) groups is 1. The van der Waals surface area contributed by atoms with Gasteiger partial charge in [0.15, 0.2) is 0 Å². The molecular formula is C23H38O2. The first-order chi connectivity index (χ1) is 12.2. The molecule has 0 saturated heterocycles. The first-order valence-electron chi connectivity index (χ1n) is 10.4. The van der Waals surface area contributed by atoms with Crippen LogP contribution >= 0.6 is 0 Å². The lowest BCUT2D eigenvalue weighted by Gasteiger charge is -2.12. The third-order valence-corrected chi connectivity index (χ3v) is 4.94. The maximum Gasteiger partial charge on any atom is 0.303 e. The fraction of sp³-hybridized carbons (Fsp3) is 0.696. The van der Waals surface area contributed by atoms with Crippen molar-refractivity contribution in [3.05, 3.63) is 36.5 Å². The Morgan fingerprint density at radius 1 is 0.960 bits per heavy atom. The largest absolute Gasteiger partial charge is 0.481 e. The van der Waals surface area contributed by atoms with Crippen LogP contribution in [0.1, 0.15) is 90.4 Å². The van der Waals surface area contributed by atoms with Crippen LogP contribution in [-0.2, 0) is 4.79 Å². The van der Waals surface area contributed by atoms with Crippen molar-refractivity contribution in [1.29, 1.82) is 0 Å². The van der Waals surface area contributed by atoms with Crippen LogP contribution in [0.3, 0.4) is 0 Å². The van der Waals surface area contributed by atoms with E-state index in [-0.39, 0.29) is 6.42 Å². The molecule has 2 nitrogen and oxygen atoms in total. The third kappa shape index (κ3) is 13.6. The molecule has 2 heteroatoms. The summed E-state index contributed by atoms with van der Waals surface area (Å²) in [6.45, 7) is 2.26. The van der Waals surface area contributed by atoms with Crippen molar-refractivity contribution >= 4 is 5.97 Å². The Hall–Kier alpha value is -1.31. The molecule has 0 aromatic heterocycles. The summed E-state index contributed by atoms with van der Waals surface area (Å²) in [7, 11) is 0. The normalized spacial score (nSPS) is 16.4. The summed E-state index contributed by atoms with van der Waals surface area (Å²) >= 11 is 0. The zero-order chi connectivity index (χ0) is 18.2. The summed E-state index contributed by atoms with van der Waals surface area (Å²) in [6.07, 6.45) is 28.4. The van der Waals surface area contributed by atoms with Crippen LogP contribution in [0.25, 0.3) is 0 Å². The molecule has 1 aliphatic carbocycles. The standard InChI is InChI=1S/C23H38O2/c1-2-3-4-5-10-13-16-21(22-19-20-22)17-14-11-8-6-7-9-12-15-18-23(24)25/h7-11,13,21-22H,2-6,12,14-20H2,1H3,(H,24,25)/b9-7-,11-8-,13-10-/t21-/m1/s1. The molecule has 1 rings (SSSR count). The van der Waals surface area contributed by atoms with Gasteiger partial charge in [0.25, 0.3) is 0 Å². The van der Waals surface area contributed by atoms with Gasteiger partial charge in [0, 0.05) is 6.42 Å². The van der Waals surface area contributed by atoms with Crippen LogP contribution in [-0.4, -0.2) is 11.1 Å². The van der Waals surface area contributed by atoms with E-state index < -0.39 is 5.97 Å². The van der Waals surface area contributed by atoms with Crippen LogP contribution in [0.2, 0.25) is 0 Å². The summed E-state index contributed by atoms with van der Waals surface area (Å²) in [4.78, 5) is 10.4. The van der Waals surface area contributed by atoms with E-state index in [1.165, 1.54) is 57.8 Å². The first kappa shape index (κ1) is 21.7. The fourth-order valence-electron chi connectivity index (χ4n) is 3.20. The van der Waals surface area contributed by atoms with Gasteiger partial charge in [0.1, 0.15) is 0 Å². The number of allylic oxidation sites excluding steroid dienone is 6. The van der Waals surface area contributed by atoms with Gasteiger partial charge in [-0.3, -0.25) is 4.79 Å². The van der Waals surface area contributed by atoms with Gasteiger partial charge in [0.05, 0.1) is 0 Å². The van der Waals surface area contributed by atoms with Gasteiger partial charge in [0.2, 0.25) is 0 Å². The highest BCUT2D eigenvalue weighted by atomic mass is 16.4. The second kappa shape index (κ2) is 15.0. The van der Waals surface area contributed by atoms with Gasteiger partial charge in [-0.25, -0.2) is 0 Å². The minimum Gasteiger partial charge on any atom is -0.481 e. The molecule has 0 spiro atoms. The average Bonchev–Trinajstić information content (AvgIpc) is 3.42. The molecule has 0 bridgehead atoms. The molecule has 25 heavy (non-hydrogen) atoms. The van der Waals surface area contributed by atoms with Crippen molar-refractivity contribution in [2.24, 2.45) is 11.8 Å². The minimum absolute atomic E-state index is 0.274. The quantitative estimate of drug-likeness (QED) is 0.239. The second-order valence-corrected chi connectivity index (χ2v) is 7.34. The van der Waals surface area contributed by atoms with E-state index in [4.69, 9.17) is 5.11 Å². The van der Waals surface area contributed by atoms with Crippen molar-refractivity contribution in [3.8, 4) is 0 Å². The zero-order valence-corrected chi connectivity index (χ0v) is 16.2. The smallest absolute Gasteiger partial charge is 0.303 e. The number of carboxylic acids is 1. The Bertz CT molecular complexity index is 416. The van der Waals surface area contributed by atoms with E-state index in [0.29, 0.717) is 0 Å². The Kier molecular flexibility index (Phi) is 13.0. The third-order valence-electron chi connectivity index (χ3n) is 4.94. The number of unbranched alkanes of at least 4 members (excludes halogenated alkanes) is 4.